The van der Waals surface area contributed by atoms with Crippen LogP contribution in [-0.4, -0.2) is 56.4 Å². The van der Waals surface area contributed by atoms with Crippen molar-refractivity contribution in [2.24, 2.45) is 5.11 Å². The SMILES string of the molecule is CC(C)[Si](O[C@H]1[C@@H]2OC(C)(C)OC[C@H]2OC(O[N+](=O)[O-])[C@H]1N=[N+]=[N-])(C(C)C)C(C)C. The van der Waals surface area contributed by atoms with Gasteiger partial charge in [-0.2, -0.15) is 0 Å². The fraction of sp³-hybridized carbons (Fsp3) is 1.00. The zero-order chi connectivity index (χ0) is 22.9. The molecule has 2 rings (SSSR count). The summed E-state index contributed by atoms with van der Waals surface area (Å²) in [5.74, 6) is -0.901. The van der Waals surface area contributed by atoms with Crippen molar-refractivity contribution >= 4 is 8.32 Å². The Hall–Kier alpha value is -1.43. The largest absolute Gasteiger partial charge is 0.410 e. The van der Waals surface area contributed by atoms with E-state index in [1.54, 1.807) is 13.8 Å². The van der Waals surface area contributed by atoms with Gasteiger partial charge in [0.1, 0.15) is 18.2 Å². The fourth-order valence-electron chi connectivity index (χ4n) is 4.95. The highest BCUT2D eigenvalue weighted by molar-refractivity contribution is 6.77. The van der Waals surface area contributed by atoms with Crippen molar-refractivity contribution in [3.05, 3.63) is 20.6 Å². The molecule has 2 fully saturated rings. The van der Waals surface area contributed by atoms with Gasteiger partial charge < -0.3 is 18.6 Å². The molecule has 0 aliphatic carbocycles. The van der Waals surface area contributed by atoms with E-state index >= 15 is 0 Å². The summed E-state index contributed by atoms with van der Waals surface area (Å²) in [6.07, 6.45) is -3.46. The fourth-order valence-corrected chi connectivity index (χ4v) is 10.5. The van der Waals surface area contributed by atoms with E-state index in [9.17, 15) is 15.6 Å². The van der Waals surface area contributed by atoms with Crippen molar-refractivity contribution in [2.75, 3.05) is 6.61 Å². The van der Waals surface area contributed by atoms with Crippen molar-refractivity contribution in [3.8, 4) is 0 Å². The van der Waals surface area contributed by atoms with E-state index in [1.807, 2.05) is 0 Å². The summed E-state index contributed by atoms with van der Waals surface area (Å²) in [4.78, 5) is 18.7. The van der Waals surface area contributed by atoms with Crippen LogP contribution in [0.15, 0.2) is 5.11 Å². The molecule has 2 saturated heterocycles. The first-order valence-corrected chi connectivity index (χ1v) is 12.5. The summed E-state index contributed by atoms with van der Waals surface area (Å²) in [6, 6.07) is -1.08. The zero-order valence-corrected chi connectivity index (χ0v) is 20.0. The van der Waals surface area contributed by atoms with Gasteiger partial charge in [-0.3, -0.25) is 4.84 Å². The van der Waals surface area contributed by atoms with Crippen LogP contribution < -0.4 is 0 Å². The monoisotopic (exact) mass is 446 g/mol. The first-order chi connectivity index (χ1) is 13.9. The molecule has 11 nitrogen and oxygen atoms in total. The third-order valence-electron chi connectivity index (χ3n) is 6.05. The lowest BCUT2D eigenvalue weighted by Crippen LogP contribution is -2.67. The molecule has 0 saturated carbocycles. The molecule has 0 aromatic rings. The molecule has 2 aliphatic heterocycles. The second kappa shape index (κ2) is 9.37. The predicted molar refractivity (Wildman–Crippen MR) is 110 cm³/mol. The summed E-state index contributed by atoms with van der Waals surface area (Å²) in [7, 11) is -2.46. The Kier molecular flexibility index (Phi) is 7.76. The van der Waals surface area contributed by atoms with Crippen molar-refractivity contribution in [3.63, 3.8) is 0 Å². The number of fused-ring (bicyclic) bond motifs is 1. The number of hydrogen-bond acceptors (Lipinski definition) is 8. The Morgan fingerprint density at radius 3 is 2.23 bits per heavy atom. The molecule has 30 heavy (non-hydrogen) atoms. The minimum Gasteiger partial charge on any atom is -0.410 e. The standard InChI is InChI=1S/C18H34N4O7Si/c1-10(2)30(11(3)4,12(5)6)29-16-14(20-21-19)17(28-22(23)24)26-13-9-25-18(7,8)27-15(13)16/h10-17H,9H2,1-8H3/t13-,14+,15-,16-,17?/m1/s1. The van der Waals surface area contributed by atoms with E-state index in [1.165, 1.54) is 0 Å². The Balaban J connectivity index is 2.55. The molecule has 0 radical (unpaired) electrons. The van der Waals surface area contributed by atoms with E-state index in [2.05, 4.69) is 51.6 Å². The van der Waals surface area contributed by atoms with Crippen LogP contribution in [0.25, 0.3) is 10.4 Å². The van der Waals surface area contributed by atoms with E-state index < -0.39 is 49.8 Å². The van der Waals surface area contributed by atoms with Crippen LogP contribution in [0.1, 0.15) is 55.4 Å². The van der Waals surface area contributed by atoms with Crippen molar-refractivity contribution in [2.45, 2.75) is 108 Å². The lowest BCUT2D eigenvalue weighted by Gasteiger charge is -2.53. The van der Waals surface area contributed by atoms with Gasteiger partial charge in [0.2, 0.25) is 14.6 Å². The Morgan fingerprint density at radius 2 is 1.77 bits per heavy atom. The molecular weight excluding hydrogens is 412 g/mol. The van der Waals surface area contributed by atoms with Crippen molar-refractivity contribution < 1.29 is 28.6 Å². The Morgan fingerprint density at radius 1 is 1.20 bits per heavy atom. The molecule has 2 heterocycles. The molecule has 172 valence electrons. The molecule has 12 heteroatoms. The van der Waals surface area contributed by atoms with E-state index in [4.69, 9.17) is 23.5 Å². The summed E-state index contributed by atoms with van der Waals surface area (Å²) in [5, 5.41) is 13.9. The summed E-state index contributed by atoms with van der Waals surface area (Å²) in [6.45, 7) is 16.5. The second-order valence-corrected chi connectivity index (χ2v) is 14.7. The smallest absolute Gasteiger partial charge is 0.297 e. The Bertz CT molecular complexity index is 647. The van der Waals surface area contributed by atoms with E-state index in [-0.39, 0.29) is 23.2 Å². The first-order valence-electron chi connectivity index (χ1n) is 10.4. The van der Waals surface area contributed by atoms with E-state index in [0.29, 0.717) is 0 Å². The maximum atomic E-state index is 11.1. The Labute approximate surface area is 178 Å². The van der Waals surface area contributed by atoms with Crippen LogP contribution in [0.3, 0.4) is 0 Å². The van der Waals surface area contributed by atoms with Gasteiger partial charge in [-0.05, 0) is 36.0 Å². The maximum Gasteiger partial charge on any atom is 0.297 e. The number of rotatable bonds is 8. The van der Waals surface area contributed by atoms with Gasteiger partial charge >= 0.3 is 0 Å². The average Bonchev–Trinajstić information content (AvgIpc) is 2.60. The van der Waals surface area contributed by atoms with Crippen molar-refractivity contribution in [1.82, 2.24) is 0 Å². The van der Waals surface area contributed by atoms with Gasteiger partial charge in [0.05, 0.1) is 12.7 Å². The van der Waals surface area contributed by atoms with Gasteiger partial charge in [0.15, 0.2) is 5.79 Å². The molecule has 2 aliphatic rings. The van der Waals surface area contributed by atoms with Gasteiger partial charge in [0.25, 0.3) is 5.09 Å². The van der Waals surface area contributed by atoms with Crippen molar-refractivity contribution in [1.29, 1.82) is 0 Å². The third-order valence-corrected chi connectivity index (χ3v) is 12.1. The summed E-state index contributed by atoms with van der Waals surface area (Å²) >= 11 is 0. The molecule has 5 atom stereocenters. The topological polar surface area (TPSA) is 138 Å². The molecule has 0 spiro atoms. The third kappa shape index (κ3) is 4.89. The summed E-state index contributed by atoms with van der Waals surface area (Å²) in [5.41, 5.74) is 9.91. The number of nitrogens with zero attached hydrogens (tertiary/aromatic N) is 4. The molecule has 0 amide bonds. The van der Waals surface area contributed by atoms with Crippen LogP contribution in [-0.2, 0) is 23.5 Å². The van der Waals surface area contributed by atoms with E-state index in [0.717, 1.165) is 0 Å². The molecule has 0 N–H and O–H groups in total. The van der Waals surface area contributed by atoms with Crippen LogP contribution in [0.4, 0.5) is 0 Å². The van der Waals surface area contributed by atoms with Gasteiger partial charge in [0, 0.05) is 4.91 Å². The first kappa shape index (κ1) is 24.8. The highest BCUT2D eigenvalue weighted by Gasteiger charge is 2.57. The number of ether oxygens (including phenoxy) is 3. The van der Waals surface area contributed by atoms with Crippen LogP contribution >= 0.6 is 0 Å². The molecular formula is C18H34N4O7Si. The van der Waals surface area contributed by atoms with Gasteiger partial charge in [-0.1, -0.05) is 46.7 Å². The van der Waals surface area contributed by atoms with Crippen LogP contribution in [0.2, 0.25) is 16.6 Å². The van der Waals surface area contributed by atoms with Crippen LogP contribution in [0, 0.1) is 10.1 Å². The normalized spacial score (nSPS) is 31.4. The molecule has 0 aromatic heterocycles. The summed E-state index contributed by atoms with van der Waals surface area (Å²) < 4.78 is 24.5. The zero-order valence-electron chi connectivity index (χ0n) is 19.0. The molecule has 1 unspecified atom stereocenters. The minimum absolute atomic E-state index is 0.150. The molecule has 0 bridgehead atoms. The highest BCUT2D eigenvalue weighted by atomic mass is 28.4. The number of hydrogen-bond donors (Lipinski definition) is 0. The predicted octanol–water partition coefficient (Wildman–Crippen LogP) is 4.31. The lowest BCUT2D eigenvalue weighted by atomic mass is 9.96. The second-order valence-electron chi connectivity index (χ2n) is 9.26. The average molecular weight is 447 g/mol. The number of azide groups is 1. The quantitative estimate of drug-likeness (QED) is 0.135. The lowest BCUT2D eigenvalue weighted by molar-refractivity contribution is -0.784. The maximum absolute atomic E-state index is 11.1. The van der Waals surface area contributed by atoms with Gasteiger partial charge in [-0.15, -0.1) is 10.1 Å². The van der Waals surface area contributed by atoms with Gasteiger partial charge in [-0.25, -0.2) is 0 Å². The van der Waals surface area contributed by atoms with Crippen LogP contribution in [0.5, 0.6) is 0 Å². The minimum atomic E-state index is -2.46. The molecule has 0 aromatic carbocycles. The highest BCUT2D eigenvalue weighted by Crippen LogP contribution is 2.46.